The van der Waals surface area contributed by atoms with Gasteiger partial charge in [-0.2, -0.15) is 0 Å². The monoisotopic (exact) mass is 240 g/mol. The number of hydrogen-bond donors (Lipinski definition) is 1. The zero-order chi connectivity index (χ0) is 12.9. The van der Waals surface area contributed by atoms with Gasteiger partial charge in [0.2, 0.25) is 0 Å². The van der Waals surface area contributed by atoms with Crippen molar-refractivity contribution in [2.24, 2.45) is 11.8 Å². The normalized spacial score (nSPS) is 26.0. The van der Waals surface area contributed by atoms with E-state index in [9.17, 15) is 0 Å². The lowest BCUT2D eigenvalue weighted by Gasteiger charge is -2.20. The third-order valence-electron chi connectivity index (χ3n) is 4.00. The van der Waals surface area contributed by atoms with Gasteiger partial charge in [-0.3, -0.25) is 0 Å². The van der Waals surface area contributed by atoms with E-state index in [1.807, 2.05) is 6.08 Å². The molecular weight excluding hydrogens is 212 g/mol. The second-order valence-corrected chi connectivity index (χ2v) is 5.91. The molecular formula is C15H28O2. The van der Waals surface area contributed by atoms with Crippen LogP contribution < -0.4 is 0 Å². The van der Waals surface area contributed by atoms with Gasteiger partial charge in [0, 0.05) is 0 Å². The van der Waals surface area contributed by atoms with Gasteiger partial charge in [-0.25, -0.2) is 0 Å². The minimum atomic E-state index is 0.117. The molecule has 1 heterocycles. The molecule has 0 radical (unpaired) electrons. The molecule has 0 bridgehead atoms. The van der Waals surface area contributed by atoms with E-state index in [-0.39, 0.29) is 5.60 Å². The first kappa shape index (κ1) is 14.6. The number of epoxide rings is 1. The summed E-state index contributed by atoms with van der Waals surface area (Å²) in [5, 5.41) is 8.95. The summed E-state index contributed by atoms with van der Waals surface area (Å²) < 4.78 is 5.61. The molecule has 1 N–H and O–H groups in total. The molecule has 0 aromatic rings. The van der Waals surface area contributed by atoms with Crippen molar-refractivity contribution in [2.45, 2.75) is 71.5 Å². The third-order valence-corrected chi connectivity index (χ3v) is 4.00. The topological polar surface area (TPSA) is 32.8 Å². The molecule has 0 unspecified atom stereocenters. The van der Waals surface area contributed by atoms with Gasteiger partial charge < -0.3 is 9.84 Å². The molecule has 1 aliphatic heterocycles. The predicted octanol–water partition coefficient (Wildman–Crippen LogP) is 4.46. The molecule has 1 saturated heterocycles. The molecule has 2 heteroatoms. The predicted molar refractivity (Wildman–Crippen MR) is 72.1 cm³/mol. The van der Waals surface area contributed by atoms with Crippen molar-refractivity contribution < 1.29 is 9.84 Å². The average Bonchev–Trinajstić information content (AvgIpc) is 2.89. The van der Waals surface area contributed by atoms with E-state index >= 15 is 0 Å². The molecule has 0 aromatic heterocycles. The molecule has 1 rings (SSSR count). The van der Waals surface area contributed by atoms with Gasteiger partial charge in [-0.1, -0.05) is 26.7 Å². The van der Waals surface area contributed by atoms with Crippen LogP contribution in [-0.4, -0.2) is 16.8 Å². The van der Waals surface area contributed by atoms with E-state index in [0.29, 0.717) is 17.9 Å². The highest BCUT2D eigenvalue weighted by Crippen LogP contribution is 2.39. The van der Waals surface area contributed by atoms with Crippen LogP contribution in [0, 0.1) is 11.8 Å². The Bertz CT molecular complexity index is 245. The Morgan fingerprint density at radius 1 is 1.35 bits per heavy atom. The largest absolute Gasteiger partial charge is 0.516 e. The summed E-state index contributed by atoms with van der Waals surface area (Å²) in [7, 11) is 0. The van der Waals surface area contributed by atoms with E-state index in [4.69, 9.17) is 9.84 Å². The average molecular weight is 240 g/mol. The maximum atomic E-state index is 8.95. The summed E-state index contributed by atoms with van der Waals surface area (Å²) in [4.78, 5) is 0. The lowest BCUT2D eigenvalue weighted by molar-refractivity contribution is 0.301. The highest BCUT2D eigenvalue weighted by atomic mass is 16.6. The van der Waals surface area contributed by atoms with E-state index < -0.39 is 0 Å². The van der Waals surface area contributed by atoms with Crippen molar-refractivity contribution in [3.63, 3.8) is 0 Å². The SMILES string of the molecule is CCCC[C@@H](/C=C\O)[C@@H](C)CC[C@@H]1OC1(C)C. The molecule has 1 aliphatic rings. The summed E-state index contributed by atoms with van der Waals surface area (Å²) >= 11 is 0. The van der Waals surface area contributed by atoms with Crippen molar-refractivity contribution >= 4 is 0 Å². The molecule has 0 spiro atoms. The minimum Gasteiger partial charge on any atom is -0.516 e. The Morgan fingerprint density at radius 2 is 2.00 bits per heavy atom. The first-order valence-electron chi connectivity index (χ1n) is 7.00. The van der Waals surface area contributed by atoms with Gasteiger partial charge >= 0.3 is 0 Å². The summed E-state index contributed by atoms with van der Waals surface area (Å²) in [6.07, 6.45) is 9.61. The quantitative estimate of drug-likeness (QED) is 0.502. The van der Waals surface area contributed by atoms with Gasteiger partial charge in [0.05, 0.1) is 18.0 Å². The highest BCUT2D eigenvalue weighted by molar-refractivity contribution is 4.95. The maximum absolute atomic E-state index is 8.95. The fourth-order valence-electron chi connectivity index (χ4n) is 2.49. The van der Waals surface area contributed by atoms with Crippen LogP contribution in [0.5, 0.6) is 0 Å². The molecule has 100 valence electrons. The van der Waals surface area contributed by atoms with Gasteiger partial charge in [-0.15, -0.1) is 0 Å². The smallest absolute Gasteiger partial charge is 0.0892 e. The highest BCUT2D eigenvalue weighted by Gasteiger charge is 2.47. The van der Waals surface area contributed by atoms with Gasteiger partial charge in [0.15, 0.2) is 0 Å². The Kier molecular flexibility index (Phi) is 5.51. The Hall–Kier alpha value is -0.500. The van der Waals surface area contributed by atoms with Crippen LogP contribution in [0.1, 0.15) is 59.8 Å². The number of ether oxygens (including phenoxy) is 1. The number of allylic oxidation sites excluding steroid dienone is 1. The lowest BCUT2D eigenvalue weighted by Crippen LogP contribution is -2.12. The second-order valence-electron chi connectivity index (χ2n) is 5.91. The molecule has 2 nitrogen and oxygen atoms in total. The molecule has 3 atom stereocenters. The van der Waals surface area contributed by atoms with Crippen LogP contribution in [0.15, 0.2) is 12.3 Å². The first-order chi connectivity index (χ1) is 8.01. The molecule has 0 amide bonds. The number of unbranched alkanes of at least 4 members (excludes halogenated alkanes) is 1. The summed E-state index contributed by atoms with van der Waals surface area (Å²) in [5.41, 5.74) is 0.117. The molecule has 17 heavy (non-hydrogen) atoms. The second kappa shape index (κ2) is 6.44. The van der Waals surface area contributed by atoms with Crippen molar-refractivity contribution in [2.75, 3.05) is 0 Å². The Balaban J connectivity index is 2.29. The molecule has 0 aromatic carbocycles. The van der Waals surface area contributed by atoms with Crippen LogP contribution in [0.3, 0.4) is 0 Å². The Morgan fingerprint density at radius 3 is 2.47 bits per heavy atom. The van der Waals surface area contributed by atoms with E-state index in [1.54, 1.807) is 0 Å². The van der Waals surface area contributed by atoms with Gasteiger partial charge in [-0.05, 0) is 51.0 Å². The fourth-order valence-corrected chi connectivity index (χ4v) is 2.49. The summed E-state index contributed by atoms with van der Waals surface area (Å²) in [6, 6.07) is 0. The third kappa shape index (κ3) is 4.71. The van der Waals surface area contributed by atoms with Crippen LogP contribution in [0.25, 0.3) is 0 Å². The van der Waals surface area contributed by atoms with Gasteiger partial charge in [0.1, 0.15) is 0 Å². The van der Waals surface area contributed by atoms with E-state index in [2.05, 4.69) is 27.7 Å². The number of rotatable bonds is 8. The summed E-state index contributed by atoms with van der Waals surface area (Å²) in [6.45, 7) is 8.82. The van der Waals surface area contributed by atoms with Crippen molar-refractivity contribution in [1.29, 1.82) is 0 Å². The Labute approximate surface area is 106 Å². The fraction of sp³-hybridized carbons (Fsp3) is 0.867. The van der Waals surface area contributed by atoms with Gasteiger partial charge in [0.25, 0.3) is 0 Å². The van der Waals surface area contributed by atoms with E-state index in [0.717, 1.165) is 6.42 Å². The number of aliphatic hydroxyl groups is 1. The molecule has 0 saturated carbocycles. The first-order valence-corrected chi connectivity index (χ1v) is 7.00. The van der Waals surface area contributed by atoms with Crippen molar-refractivity contribution in [3.05, 3.63) is 12.3 Å². The lowest BCUT2D eigenvalue weighted by atomic mass is 9.85. The minimum absolute atomic E-state index is 0.117. The van der Waals surface area contributed by atoms with E-state index in [1.165, 1.54) is 31.9 Å². The number of hydrogen-bond acceptors (Lipinski definition) is 2. The summed E-state index contributed by atoms with van der Waals surface area (Å²) in [5.74, 6) is 1.15. The molecule has 1 fully saturated rings. The maximum Gasteiger partial charge on any atom is 0.0892 e. The van der Waals surface area contributed by atoms with Crippen LogP contribution in [0.2, 0.25) is 0 Å². The van der Waals surface area contributed by atoms with Crippen molar-refractivity contribution in [3.8, 4) is 0 Å². The zero-order valence-corrected chi connectivity index (χ0v) is 11.8. The van der Waals surface area contributed by atoms with Crippen molar-refractivity contribution in [1.82, 2.24) is 0 Å². The van der Waals surface area contributed by atoms with Crippen LogP contribution >= 0.6 is 0 Å². The standard InChI is InChI=1S/C15H28O2/c1-5-6-7-13(10-11-16)12(2)8-9-14-15(3,4)17-14/h10-14,16H,5-9H2,1-4H3/b11-10-/t12-,13-,14-/m0/s1. The number of aliphatic hydroxyl groups excluding tert-OH is 1. The van der Waals surface area contributed by atoms with Crippen LogP contribution in [0.4, 0.5) is 0 Å². The molecule has 0 aliphatic carbocycles. The zero-order valence-electron chi connectivity index (χ0n) is 11.8. The van der Waals surface area contributed by atoms with Crippen LogP contribution in [-0.2, 0) is 4.74 Å².